The summed E-state index contributed by atoms with van der Waals surface area (Å²) in [7, 11) is 0. The van der Waals surface area contributed by atoms with Crippen molar-refractivity contribution in [3.8, 4) is 0 Å². The molecule has 2 aromatic heterocycles. The second kappa shape index (κ2) is 6.18. The van der Waals surface area contributed by atoms with Crippen LogP contribution < -0.4 is 5.32 Å². The molecule has 0 atom stereocenters. The van der Waals surface area contributed by atoms with Crippen LogP contribution in [0, 0.1) is 0 Å². The number of hydrogen-bond acceptors (Lipinski definition) is 4. The molecule has 0 spiro atoms. The molecule has 3 aromatic rings. The molecule has 3 nitrogen and oxygen atoms in total. The Balaban J connectivity index is 1.87. The zero-order valence-electron chi connectivity index (χ0n) is 11.4. The lowest BCUT2D eigenvalue weighted by molar-refractivity contribution is 0.957. The minimum atomic E-state index is 0.564. The van der Waals surface area contributed by atoms with Crippen LogP contribution in [0.2, 0.25) is 10.0 Å². The number of aromatic nitrogens is 2. The summed E-state index contributed by atoms with van der Waals surface area (Å²) in [5.41, 5.74) is 1.06. The fourth-order valence-electron chi connectivity index (χ4n) is 2.03. The van der Waals surface area contributed by atoms with Gasteiger partial charge in [0.05, 0.1) is 15.4 Å². The van der Waals surface area contributed by atoms with Crippen molar-refractivity contribution in [2.45, 2.75) is 19.9 Å². The average molecular weight is 338 g/mol. The van der Waals surface area contributed by atoms with Gasteiger partial charge in [0.25, 0.3) is 0 Å². The number of anilines is 1. The second-order valence-corrected chi connectivity index (χ2v) is 6.29. The number of rotatable bonds is 4. The van der Waals surface area contributed by atoms with Crippen LogP contribution in [-0.4, -0.2) is 9.97 Å². The Kier molecular flexibility index (Phi) is 4.29. The van der Waals surface area contributed by atoms with Gasteiger partial charge in [0.15, 0.2) is 0 Å². The molecule has 0 aliphatic heterocycles. The lowest BCUT2D eigenvalue weighted by Crippen LogP contribution is -2.04. The maximum atomic E-state index is 6.04. The highest BCUT2D eigenvalue weighted by Crippen LogP contribution is 2.27. The molecule has 0 aliphatic rings. The van der Waals surface area contributed by atoms with Gasteiger partial charge in [-0.2, -0.15) is 0 Å². The van der Waals surface area contributed by atoms with E-state index in [0.717, 1.165) is 33.8 Å². The summed E-state index contributed by atoms with van der Waals surface area (Å²) >= 11 is 13.6. The fraction of sp³-hybridized carbons (Fsp3) is 0.200. The van der Waals surface area contributed by atoms with Gasteiger partial charge in [-0.15, -0.1) is 11.3 Å². The van der Waals surface area contributed by atoms with Crippen LogP contribution in [0.25, 0.3) is 10.2 Å². The first kappa shape index (κ1) is 14.6. The van der Waals surface area contributed by atoms with E-state index in [1.807, 2.05) is 23.6 Å². The number of hydrogen-bond donors (Lipinski definition) is 1. The molecule has 0 aliphatic carbocycles. The van der Waals surface area contributed by atoms with E-state index >= 15 is 0 Å². The molecule has 2 heterocycles. The molecule has 0 saturated heterocycles. The van der Waals surface area contributed by atoms with Gasteiger partial charge in [-0.1, -0.05) is 36.2 Å². The predicted octanol–water partition coefficient (Wildman–Crippen LogP) is 5.17. The zero-order valence-corrected chi connectivity index (χ0v) is 13.7. The van der Waals surface area contributed by atoms with Gasteiger partial charge >= 0.3 is 0 Å². The van der Waals surface area contributed by atoms with Crippen molar-refractivity contribution >= 4 is 50.6 Å². The van der Waals surface area contributed by atoms with Crippen LogP contribution in [0.15, 0.2) is 29.6 Å². The third kappa shape index (κ3) is 3.12. The third-order valence-corrected chi connectivity index (χ3v) is 4.68. The van der Waals surface area contributed by atoms with Crippen molar-refractivity contribution in [2.24, 2.45) is 0 Å². The number of aryl methyl sites for hydroxylation is 1. The topological polar surface area (TPSA) is 37.8 Å². The maximum Gasteiger partial charge on any atom is 0.138 e. The van der Waals surface area contributed by atoms with E-state index in [-0.39, 0.29) is 0 Å². The summed E-state index contributed by atoms with van der Waals surface area (Å²) in [5, 5.41) is 7.58. The molecule has 0 amide bonds. The summed E-state index contributed by atoms with van der Waals surface area (Å²) in [4.78, 5) is 10.1. The summed E-state index contributed by atoms with van der Waals surface area (Å²) < 4.78 is 0. The zero-order chi connectivity index (χ0) is 14.8. The van der Waals surface area contributed by atoms with Crippen molar-refractivity contribution < 1.29 is 0 Å². The van der Waals surface area contributed by atoms with Crippen LogP contribution in [0.1, 0.15) is 18.3 Å². The van der Waals surface area contributed by atoms with Crippen molar-refractivity contribution in [2.75, 3.05) is 5.32 Å². The molecule has 21 heavy (non-hydrogen) atoms. The van der Waals surface area contributed by atoms with Gasteiger partial charge in [0.2, 0.25) is 0 Å². The molecule has 0 unspecified atom stereocenters. The van der Waals surface area contributed by atoms with Crippen molar-refractivity contribution in [1.82, 2.24) is 9.97 Å². The molecule has 0 radical (unpaired) electrons. The minimum absolute atomic E-state index is 0.564. The molecular weight excluding hydrogens is 325 g/mol. The molecule has 0 saturated carbocycles. The second-order valence-electron chi connectivity index (χ2n) is 4.58. The summed E-state index contributed by atoms with van der Waals surface area (Å²) in [6, 6.07) is 7.66. The minimum Gasteiger partial charge on any atom is -0.365 e. The molecule has 108 valence electrons. The Labute approximate surface area is 137 Å². The van der Waals surface area contributed by atoms with E-state index in [0.29, 0.717) is 16.6 Å². The van der Waals surface area contributed by atoms with Gasteiger partial charge in [-0.3, -0.25) is 0 Å². The molecule has 1 N–H and O–H groups in total. The van der Waals surface area contributed by atoms with Crippen LogP contribution in [-0.2, 0) is 13.0 Å². The number of thiophene rings is 1. The normalized spacial score (nSPS) is 11.0. The van der Waals surface area contributed by atoms with Crippen LogP contribution in [0.5, 0.6) is 0 Å². The first-order valence-electron chi connectivity index (χ1n) is 6.59. The van der Waals surface area contributed by atoms with E-state index in [1.54, 1.807) is 17.4 Å². The monoisotopic (exact) mass is 337 g/mol. The molecule has 0 bridgehead atoms. The molecule has 3 rings (SSSR count). The number of halogens is 2. The number of nitrogens with zero attached hydrogens (tertiary/aromatic N) is 2. The van der Waals surface area contributed by atoms with Gasteiger partial charge in [0.1, 0.15) is 16.5 Å². The summed E-state index contributed by atoms with van der Waals surface area (Å²) in [6.07, 6.45) is 0.815. The van der Waals surface area contributed by atoms with E-state index < -0.39 is 0 Å². The van der Waals surface area contributed by atoms with Crippen LogP contribution in [0.4, 0.5) is 5.82 Å². The Bertz CT molecular complexity index is 786. The molecular formula is C15H13Cl2N3S. The van der Waals surface area contributed by atoms with E-state index in [9.17, 15) is 0 Å². The average Bonchev–Trinajstić information content (AvgIpc) is 2.96. The van der Waals surface area contributed by atoms with Crippen LogP contribution >= 0.6 is 34.5 Å². The Hall–Kier alpha value is -1.36. The van der Waals surface area contributed by atoms with Crippen molar-refractivity contribution in [3.05, 3.63) is 51.1 Å². The Morgan fingerprint density at radius 2 is 2.00 bits per heavy atom. The lowest BCUT2D eigenvalue weighted by atomic mass is 10.2. The molecule has 0 fully saturated rings. The van der Waals surface area contributed by atoms with Gasteiger partial charge in [-0.05, 0) is 29.1 Å². The van der Waals surface area contributed by atoms with Crippen LogP contribution in [0.3, 0.4) is 0 Å². The van der Waals surface area contributed by atoms with Crippen molar-refractivity contribution in [1.29, 1.82) is 0 Å². The lowest BCUT2D eigenvalue weighted by Gasteiger charge is -2.09. The first-order valence-corrected chi connectivity index (χ1v) is 8.23. The highest BCUT2D eigenvalue weighted by Gasteiger charge is 2.08. The number of nitrogens with one attached hydrogen (secondary N) is 1. The van der Waals surface area contributed by atoms with E-state index in [4.69, 9.17) is 23.2 Å². The van der Waals surface area contributed by atoms with Gasteiger partial charge < -0.3 is 5.32 Å². The maximum absolute atomic E-state index is 6.04. The Morgan fingerprint density at radius 3 is 2.76 bits per heavy atom. The standard InChI is InChI=1S/C15H13Cl2N3S/c1-2-13-19-14(10-5-6-21-15(10)20-13)18-8-9-3-4-11(16)12(17)7-9/h3-7H,2,8H2,1H3,(H,18,19,20). The first-order chi connectivity index (χ1) is 10.2. The quantitative estimate of drug-likeness (QED) is 0.713. The number of fused-ring (bicyclic) bond motifs is 1. The van der Waals surface area contributed by atoms with Crippen molar-refractivity contribution in [3.63, 3.8) is 0 Å². The largest absolute Gasteiger partial charge is 0.365 e. The molecule has 1 aromatic carbocycles. The highest BCUT2D eigenvalue weighted by atomic mass is 35.5. The molecule has 6 heteroatoms. The predicted molar refractivity (Wildman–Crippen MR) is 90.6 cm³/mol. The third-order valence-electron chi connectivity index (χ3n) is 3.13. The fourth-order valence-corrected chi connectivity index (χ4v) is 3.13. The highest BCUT2D eigenvalue weighted by molar-refractivity contribution is 7.16. The van der Waals surface area contributed by atoms with E-state index in [1.165, 1.54) is 0 Å². The van der Waals surface area contributed by atoms with Gasteiger partial charge in [0, 0.05) is 13.0 Å². The SMILES string of the molecule is CCc1nc(NCc2ccc(Cl)c(Cl)c2)c2ccsc2n1. The van der Waals surface area contributed by atoms with E-state index in [2.05, 4.69) is 22.2 Å². The summed E-state index contributed by atoms with van der Waals surface area (Å²) in [6.45, 7) is 2.69. The number of benzene rings is 1. The smallest absolute Gasteiger partial charge is 0.138 e. The Morgan fingerprint density at radius 1 is 1.14 bits per heavy atom. The van der Waals surface area contributed by atoms with Gasteiger partial charge in [-0.25, -0.2) is 9.97 Å². The summed E-state index contributed by atoms with van der Waals surface area (Å²) in [5.74, 6) is 1.71.